The van der Waals surface area contributed by atoms with Crippen molar-refractivity contribution in [1.82, 2.24) is 4.90 Å². The van der Waals surface area contributed by atoms with Crippen molar-refractivity contribution in [3.8, 4) is 0 Å². The minimum Gasteiger partial charge on any atom is -0.347 e. The van der Waals surface area contributed by atoms with Crippen molar-refractivity contribution >= 4 is 17.5 Å². The van der Waals surface area contributed by atoms with E-state index in [1.54, 1.807) is 0 Å². The van der Waals surface area contributed by atoms with E-state index < -0.39 is 5.79 Å². The zero-order valence-electron chi connectivity index (χ0n) is 13.9. The molecule has 24 heavy (non-hydrogen) atoms. The highest BCUT2D eigenvalue weighted by atomic mass is 16.7. The van der Waals surface area contributed by atoms with E-state index in [4.69, 9.17) is 9.47 Å². The summed E-state index contributed by atoms with van der Waals surface area (Å²) in [6.45, 7) is 4.67. The lowest BCUT2D eigenvalue weighted by molar-refractivity contribution is -0.188. The van der Waals surface area contributed by atoms with Gasteiger partial charge in [-0.25, -0.2) is 4.90 Å². The highest BCUT2D eigenvalue weighted by Gasteiger charge is 2.47. The number of amides is 2. The topological polar surface area (TPSA) is 59.1 Å². The predicted octanol–water partition coefficient (Wildman–Crippen LogP) is 1.47. The lowest BCUT2D eigenvalue weighted by atomic mass is 10.0. The molecule has 0 bridgehead atoms. The number of carbonyl (C=O) groups is 2. The molecule has 3 fully saturated rings. The molecule has 0 saturated carbocycles. The van der Waals surface area contributed by atoms with Gasteiger partial charge in [-0.15, -0.1) is 0 Å². The molecule has 1 aromatic carbocycles. The second-order valence-electron chi connectivity index (χ2n) is 6.77. The summed E-state index contributed by atoms with van der Waals surface area (Å²) >= 11 is 0. The fourth-order valence-corrected chi connectivity index (χ4v) is 3.90. The molecule has 2 amide bonds. The van der Waals surface area contributed by atoms with Gasteiger partial charge in [0.2, 0.25) is 5.91 Å². The smallest absolute Gasteiger partial charge is 0.251 e. The number of piperidine rings is 1. The summed E-state index contributed by atoms with van der Waals surface area (Å²) in [5.74, 6) is -0.697. The maximum absolute atomic E-state index is 12.8. The Balaban J connectivity index is 1.48. The monoisotopic (exact) mass is 330 g/mol. The predicted molar refractivity (Wildman–Crippen MR) is 87.5 cm³/mol. The normalized spacial score (nSPS) is 27.4. The van der Waals surface area contributed by atoms with Gasteiger partial charge in [-0.3, -0.25) is 14.5 Å². The van der Waals surface area contributed by atoms with Gasteiger partial charge < -0.3 is 9.47 Å². The Morgan fingerprint density at radius 3 is 2.50 bits per heavy atom. The molecule has 3 saturated heterocycles. The number of hydrogen-bond acceptors (Lipinski definition) is 5. The van der Waals surface area contributed by atoms with Crippen LogP contribution in [0, 0.1) is 6.92 Å². The Hall–Kier alpha value is -1.76. The summed E-state index contributed by atoms with van der Waals surface area (Å²) < 4.78 is 11.5. The van der Waals surface area contributed by atoms with Crippen LogP contribution in [-0.2, 0) is 19.1 Å². The quantitative estimate of drug-likeness (QED) is 0.769. The minimum absolute atomic E-state index is 0.116. The fraction of sp³-hybridized carbons (Fsp3) is 0.556. The van der Waals surface area contributed by atoms with Gasteiger partial charge >= 0.3 is 0 Å². The van der Waals surface area contributed by atoms with Gasteiger partial charge in [-0.05, 0) is 24.6 Å². The SMILES string of the molecule is Cc1cccc(N2C(=O)C[C@@H](N3CCC4(CC3)OCCO4)C2=O)c1. The number of aryl methyl sites for hydroxylation is 1. The van der Waals surface area contributed by atoms with E-state index in [2.05, 4.69) is 4.90 Å². The molecule has 1 spiro atoms. The average molecular weight is 330 g/mol. The summed E-state index contributed by atoms with van der Waals surface area (Å²) in [6, 6.07) is 7.16. The molecule has 6 nitrogen and oxygen atoms in total. The lowest BCUT2D eigenvalue weighted by Crippen LogP contribution is -2.51. The fourth-order valence-electron chi connectivity index (χ4n) is 3.90. The van der Waals surface area contributed by atoms with Crippen LogP contribution < -0.4 is 4.90 Å². The maximum atomic E-state index is 12.8. The van der Waals surface area contributed by atoms with Gasteiger partial charge in [0, 0.05) is 25.9 Å². The van der Waals surface area contributed by atoms with E-state index in [-0.39, 0.29) is 24.3 Å². The molecular weight excluding hydrogens is 308 g/mol. The molecule has 3 aliphatic rings. The Labute approximate surface area is 141 Å². The van der Waals surface area contributed by atoms with Crippen LogP contribution in [-0.4, -0.2) is 54.8 Å². The van der Waals surface area contributed by atoms with Crippen LogP contribution in [0.3, 0.4) is 0 Å². The molecule has 0 N–H and O–H groups in total. The molecular formula is C18H22N2O4. The van der Waals surface area contributed by atoms with Crippen LogP contribution in [0.1, 0.15) is 24.8 Å². The third-order valence-electron chi connectivity index (χ3n) is 5.20. The van der Waals surface area contributed by atoms with Gasteiger partial charge in [0.05, 0.1) is 31.4 Å². The molecule has 3 aliphatic heterocycles. The second-order valence-corrected chi connectivity index (χ2v) is 6.77. The van der Waals surface area contributed by atoms with Crippen molar-refractivity contribution in [3.63, 3.8) is 0 Å². The molecule has 0 aromatic heterocycles. The van der Waals surface area contributed by atoms with Crippen molar-refractivity contribution in [1.29, 1.82) is 0 Å². The van der Waals surface area contributed by atoms with Crippen LogP contribution >= 0.6 is 0 Å². The second kappa shape index (κ2) is 5.95. The van der Waals surface area contributed by atoms with E-state index in [1.165, 1.54) is 4.90 Å². The lowest BCUT2D eigenvalue weighted by Gasteiger charge is -2.39. The minimum atomic E-state index is -0.460. The number of carbonyl (C=O) groups excluding carboxylic acids is 2. The molecule has 1 atom stereocenters. The van der Waals surface area contributed by atoms with Crippen LogP contribution in [0.2, 0.25) is 0 Å². The molecule has 3 heterocycles. The van der Waals surface area contributed by atoms with E-state index in [0.717, 1.165) is 18.4 Å². The number of imide groups is 1. The number of benzene rings is 1. The van der Waals surface area contributed by atoms with Crippen molar-refractivity contribution in [2.75, 3.05) is 31.2 Å². The van der Waals surface area contributed by atoms with Gasteiger partial charge in [0.1, 0.15) is 0 Å². The van der Waals surface area contributed by atoms with Crippen molar-refractivity contribution in [3.05, 3.63) is 29.8 Å². The number of nitrogens with zero attached hydrogens (tertiary/aromatic N) is 2. The molecule has 128 valence electrons. The summed E-state index contributed by atoms with van der Waals surface area (Å²) in [7, 11) is 0. The first-order chi connectivity index (χ1) is 11.6. The van der Waals surface area contributed by atoms with E-state index >= 15 is 0 Å². The van der Waals surface area contributed by atoms with E-state index in [0.29, 0.717) is 32.0 Å². The Bertz CT molecular complexity index is 659. The van der Waals surface area contributed by atoms with Crippen molar-refractivity contribution < 1.29 is 19.1 Å². The van der Waals surface area contributed by atoms with Crippen LogP contribution in [0.15, 0.2) is 24.3 Å². The molecule has 0 aliphatic carbocycles. The standard InChI is InChI=1S/C18H22N2O4/c1-13-3-2-4-14(11-13)20-16(21)12-15(17(20)22)19-7-5-18(6-8-19)23-9-10-24-18/h2-4,11,15H,5-10,12H2,1H3/t15-/m1/s1. The molecule has 4 rings (SSSR count). The van der Waals surface area contributed by atoms with Crippen molar-refractivity contribution in [2.45, 2.75) is 38.0 Å². The Morgan fingerprint density at radius 1 is 1.12 bits per heavy atom. The summed E-state index contributed by atoms with van der Waals surface area (Å²) in [4.78, 5) is 28.7. The summed E-state index contributed by atoms with van der Waals surface area (Å²) in [6.07, 6.45) is 1.74. The van der Waals surface area contributed by atoms with Gasteiger partial charge in [0.25, 0.3) is 5.91 Å². The van der Waals surface area contributed by atoms with Gasteiger partial charge in [-0.1, -0.05) is 12.1 Å². The first kappa shape index (κ1) is 15.7. The molecule has 0 unspecified atom stereocenters. The molecule has 1 aromatic rings. The third kappa shape index (κ3) is 2.64. The van der Waals surface area contributed by atoms with E-state index in [1.807, 2.05) is 31.2 Å². The number of ether oxygens (including phenoxy) is 2. The third-order valence-corrected chi connectivity index (χ3v) is 5.20. The highest BCUT2D eigenvalue weighted by molar-refractivity contribution is 6.22. The first-order valence-electron chi connectivity index (χ1n) is 8.53. The number of anilines is 1. The van der Waals surface area contributed by atoms with Gasteiger partial charge in [0.15, 0.2) is 5.79 Å². The zero-order valence-corrected chi connectivity index (χ0v) is 13.9. The number of likely N-dealkylation sites (tertiary alicyclic amines) is 1. The largest absolute Gasteiger partial charge is 0.347 e. The molecule has 0 radical (unpaired) electrons. The zero-order chi connectivity index (χ0) is 16.7. The van der Waals surface area contributed by atoms with Gasteiger partial charge in [-0.2, -0.15) is 0 Å². The summed E-state index contributed by atoms with van der Waals surface area (Å²) in [5, 5.41) is 0. The van der Waals surface area contributed by atoms with Crippen LogP contribution in [0.4, 0.5) is 5.69 Å². The highest BCUT2D eigenvalue weighted by Crippen LogP contribution is 2.34. The van der Waals surface area contributed by atoms with Crippen LogP contribution in [0.25, 0.3) is 0 Å². The van der Waals surface area contributed by atoms with Crippen LogP contribution in [0.5, 0.6) is 0 Å². The first-order valence-corrected chi connectivity index (χ1v) is 8.53. The average Bonchev–Trinajstić information content (AvgIpc) is 3.13. The Morgan fingerprint density at radius 2 is 1.83 bits per heavy atom. The van der Waals surface area contributed by atoms with E-state index in [9.17, 15) is 9.59 Å². The summed E-state index contributed by atoms with van der Waals surface area (Å²) in [5.41, 5.74) is 1.70. The van der Waals surface area contributed by atoms with Crippen molar-refractivity contribution in [2.24, 2.45) is 0 Å². The maximum Gasteiger partial charge on any atom is 0.251 e. The Kier molecular flexibility index (Phi) is 3.90. The number of hydrogen-bond donors (Lipinski definition) is 0. The number of rotatable bonds is 2. The molecule has 6 heteroatoms.